The van der Waals surface area contributed by atoms with Gasteiger partial charge in [-0.2, -0.15) is 4.39 Å². The third-order valence-corrected chi connectivity index (χ3v) is 5.84. The van der Waals surface area contributed by atoms with Gasteiger partial charge in [0.2, 0.25) is 5.83 Å². The van der Waals surface area contributed by atoms with Crippen LogP contribution in [0.4, 0.5) is 4.39 Å². The highest BCUT2D eigenvalue weighted by Crippen LogP contribution is 2.52. The third-order valence-electron chi connectivity index (χ3n) is 5.09. The van der Waals surface area contributed by atoms with E-state index in [1.165, 1.54) is 12.5 Å². The Hall–Kier alpha value is -1.62. The van der Waals surface area contributed by atoms with Crippen LogP contribution in [-0.2, 0) is 10.2 Å². The smallest absolute Gasteiger partial charge is 0.365 e. The Balaban J connectivity index is 2.96. The molecule has 1 aliphatic rings. The van der Waals surface area contributed by atoms with Crippen LogP contribution in [0.2, 0.25) is 0 Å². The van der Waals surface area contributed by atoms with Crippen molar-refractivity contribution in [2.45, 2.75) is 73.3 Å². The van der Waals surface area contributed by atoms with E-state index in [9.17, 15) is 9.18 Å². The van der Waals surface area contributed by atoms with Gasteiger partial charge in [0.15, 0.2) is 0 Å². The Labute approximate surface area is 175 Å². The molecule has 0 fully saturated rings. The van der Waals surface area contributed by atoms with E-state index < -0.39 is 11.8 Å². The van der Waals surface area contributed by atoms with Crippen LogP contribution < -0.4 is 4.74 Å². The van der Waals surface area contributed by atoms with Gasteiger partial charge in [-0.3, -0.25) is 0 Å². The number of aliphatic carboxylic acids is 1. The van der Waals surface area contributed by atoms with Crippen molar-refractivity contribution in [1.29, 1.82) is 0 Å². The predicted octanol–water partition coefficient (Wildman–Crippen LogP) is 7.13. The average molecular weight is 453 g/mol. The molecule has 1 N–H and O–H groups in total. The first-order valence-corrected chi connectivity index (χ1v) is 10.3. The van der Waals surface area contributed by atoms with Crippen molar-refractivity contribution in [3.05, 3.63) is 39.1 Å². The number of allylic oxidation sites excluding steroid dienone is 3. The largest absolute Gasteiger partial charge is 0.489 e. The van der Waals surface area contributed by atoms with Crippen LogP contribution in [0.25, 0.3) is 11.1 Å². The number of ether oxygens (including phenoxy) is 1. The molecule has 0 saturated heterocycles. The molecule has 28 heavy (non-hydrogen) atoms. The summed E-state index contributed by atoms with van der Waals surface area (Å²) in [5, 5.41) is 9.16. The lowest BCUT2D eigenvalue weighted by Crippen LogP contribution is -2.26. The molecule has 1 aromatic carbocycles. The van der Waals surface area contributed by atoms with Gasteiger partial charge in [-0.25, -0.2) is 4.79 Å². The zero-order valence-corrected chi connectivity index (χ0v) is 19.5. The number of hydrogen-bond donors (Lipinski definition) is 1. The Bertz CT molecular complexity index is 871. The molecule has 1 aliphatic carbocycles. The number of hydrogen-bond acceptors (Lipinski definition) is 2. The molecular weight excluding hydrogens is 423 g/mol. The van der Waals surface area contributed by atoms with Gasteiger partial charge in [-0.05, 0) is 76.7 Å². The van der Waals surface area contributed by atoms with Gasteiger partial charge < -0.3 is 9.84 Å². The van der Waals surface area contributed by atoms with Crippen molar-refractivity contribution in [2.24, 2.45) is 5.41 Å². The fourth-order valence-corrected chi connectivity index (χ4v) is 4.75. The van der Waals surface area contributed by atoms with Crippen LogP contribution in [0.3, 0.4) is 0 Å². The molecule has 0 radical (unpaired) electrons. The maximum Gasteiger partial charge on any atom is 0.365 e. The normalized spacial score (nSPS) is 17.0. The minimum Gasteiger partial charge on any atom is -0.489 e. The number of halogens is 2. The SMILES string of the molecule is CC(=C(F)C(=O)O)c1cc2c(c(Br)c1OC(C)C)C(C)(C)CC=C2C(C)(C)C. The van der Waals surface area contributed by atoms with Crippen LogP contribution in [0.15, 0.2) is 22.4 Å². The molecule has 3 nitrogen and oxygen atoms in total. The highest BCUT2D eigenvalue weighted by atomic mass is 79.9. The molecular formula is C23H30BrFO3. The number of carboxylic acid groups (broad SMARTS) is 1. The fourth-order valence-electron chi connectivity index (χ4n) is 3.69. The summed E-state index contributed by atoms with van der Waals surface area (Å²) in [4.78, 5) is 11.3. The van der Waals surface area contributed by atoms with E-state index in [0.717, 1.165) is 22.0 Å². The first-order chi connectivity index (χ1) is 12.7. The second-order valence-electron chi connectivity index (χ2n) is 9.36. The second kappa shape index (κ2) is 7.66. The van der Waals surface area contributed by atoms with E-state index in [0.29, 0.717) is 11.3 Å². The van der Waals surface area contributed by atoms with E-state index in [4.69, 9.17) is 9.84 Å². The molecule has 0 bridgehead atoms. The predicted molar refractivity (Wildman–Crippen MR) is 116 cm³/mol. The van der Waals surface area contributed by atoms with Crippen molar-refractivity contribution >= 4 is 33.0 Å². The van der Waals surface area contributed by atoms with Gasteiger partial charge in [0.05, 0.1) is 10.6 Å². The molecule has 5 heteroatoms. The average Bonchev–Trinajstić information content (AvgIpc) is 2.53. The highest BCUT2D eigenvalue weighted by Gasteiger charge is 2.36. The molecule has 0 spiro atoms. The van der Waals surface area contributed by atoms with Gasteiger partial charge in [0.1, 0.15) is 5.75 Å². The number of rotatable bonds is 4. The zero-order valence-electron chi connectivity index (χ0n) is 18.0. The van der Waals surface area contributed by atoms with Crippen molar-refractivity contribution < 1.29 is 19.0 Å². The molecule has 2 rings (SSSR count). The van der Waals surface area contributed by atoms with Crippen LogP contribution in [0.1, 0.15) is 78.5 Å². The lowest BCUT2D eigenvalue weighted by Gasteiger charge is -2.38. The summed E-state index contributed by atoms with van der Waals surface area (Å²) in [6.07, 6.45) is 2.98. The molecule has 0 unspecified atom stereocenters. The summed E-state index contributed by atoms with van der Waals surface area (Å²) < 4.78 is 21.2. The van der Waals surface area contributed by atoms with E-state index in [-0.39, 0.29) is 22.5 Å². The molecule has 0 aliphatic heterocycles. The second-order valence-corrected chi connectivity index (χ2v) is 10.1. The van der Waals surface area contributed by atoms with Crippen molar-refractivity contribution in [1.82, 2.24) is 0 Å². The fraction of sp³-hybridized carbons (Fsp3) is 0.522. The summed E-state index contributed by atoms with van der Waals surface area (Å²) >= 11 is 3.73. The van der Waals surface area contributed by atoms with E-state index in [1.54, 1.807) is 0 Å². The third kappa shape index (κ3) is 4.19. The Morgan fingerprint density at radius 1 is 1.32 bits per heavy atom. The van der Waals surface area contributed by atoms with Crippen molar-refractivity contribution in [2.75, 3.05) is 0 Å². The molecule has 154 valence electrons. The van der Waals surface area contributed by atoms with Crippen LogP contribution >= 0.6 is 15.9 Å². The number of benzene rings is 1. The first kappa shape index (κ1) is 22.7. The summed E-state index contributed by atoms with van der Waals surface area (Å²) in [5.41, 5.74) is 3.58. The van der Waals surface area contributed by atoms with Gasteiger partial charge in [0, 0.05) is 11.1 Å². The first-order valence-electron chi connectivity index (χ1n) is 9.53. The Kier molecular flexibility index (Phi) is 6.20. The number of fused-ring (bicyclic) bond motifs is 1. The number of carbonyl (C=O) groups is 1. The van der Waals surface area contributed by atoms with Crippen molar-refractivity contribution in [3.63, 3.8) is 0 Å². The minimum atomic E-state index is -1.58. The Morgan fingerprint density at radius 2 is 1.89 bits per heavy atom. The maximum atomic E-state index is 14.4. The minimum absolute atomic E-state index is 0.0586. The molecule has 1 aromatic rings. The van der Waals surface area contributed by atoms with Gasteiger partial charge in [-0.15, -0.1) is 0 Å². The van der Waals surface area contributed by atoms with E-state index >= 15 is 0 Å². The summed E-state index contributed by atoms with van der Waals surface area (Å²) in [5.74, 6) is -2.25. The molecule has 0 aromatic heterocycles. The summed E-state index contributed by atoms with van der Waals surface area (Å²) in [6, 6.07) is 1.90. The maximum absolute atomic E-state index is 14.4. The van der Waals surface area contributed by atoms with Crippen LogP contribution in [-0.4, -0.2) is 17.2 Å². The highest BCUT2D eigenvalue weighted by molar-refractivity contribution is 9.10. The van der Waals surface area contributed by atoms with E-state index in [1.807, 2.05) is 19.9 Å². The number of carboxylic acids is 1. The van der Waals surface area contributed by atoms with Gasteiger partial charge in [-0.1, -0.05) is 40.7 Å². The molecule has 0 amide bonds. The topological polar surface area (TPSA) is 46.5 Å². The van der Waals surface area contributed by atoms with Crippen LogP contribution in [0, 0.1) is 5.41 Å². The van der Waals surface area contributed by atoms with Gasteiger partial charge >= 0.3 is 5.97 Å². The molecule has 0 heterocycles. The van der Waals surface area contributed by atoms with E-state index in [2.05, 4.69) is 56.6 Å². The lowest BCUT2D eigenvalue weighted by molar-refractivity contribution is -0.134. The van der Waals surface area contributed by atoms with Gasteiger partial charge in [0.25, 0.3) is 0 Å². The van der Waals surface area contributed by atoms with Crippen molar-refractivity contribution in [3.8, 4) is 5.75 Å². The quantitative estimate of drug-likeness (QED) is 0.493. The summed E-state index contributed by atoms with van der Waals surface area (Å²) in [6.45, 7) is 16.1. The monoisotopic (exact) mass is 452 g/mol. The zero-order chi connectivity index (χ0) is 21.6. The Morgan fingerprint density at radius 3 is 2.36 bits per heavy atom. The lowest BCUT2D eigenvalue weighted by atomic mass is 9.67. The summed E-state index contributed by atoms with van der Waals surface area (Å²) in [7, 11) is 0. The molecule has 0 atom stereocenters. The van der Waals surface area contributed by atoms with Crippen LogP contribution in [0.5, 0.6) is 5.75 Å². The standard InChI is InChI=1S/C23H30BrFO3/c1-12(2)28-20-14(13(3)19(25)21(26)27)11-15-16(22(4,5)6)9-10-23(7,8)17(15)18(20)24/h9,11-12H,10H2,1-8H3,(H,26,27). The molecule has 0 saturated carbocycles.